The highest BCUT2D eigenvalue weighted by molar-refractivity contribution is 9.10. The molecule has 34 heavy (non-hydrogen) atoms. The lowest BCUT2D eigenvalue weighted by Crippen LogP contribution is -2.14. The van der Waals surface area contributed by atoms with E-state index in [9.17, 15) is 14.9 Å². The molecule has 0 radical (unpaired) electrons. The Morgan fingerprint density at radius 2 is 1.88 bits per heavy atom. The first-order chi connectivity index (χ1) is 16.3. The van der Waals surface area contributed by atoms with E-state index in [1.807, 2.05) is 37.3 Å². The molecular formula is C26H21BrN2O5. The van der Waals surface area contributed by atoms with Gasteiger partial charge in [0.05, 0.1) is 12.7 Å². The molecule has 1 amide bonds. The van der Waals surface area contributed by atoms with Gasteiger partial charge in [-0.2, -0.15) is 5.26 Å². The first-order valence-electron chi connectivity index (χ1n) is 10.1. The molecular weight excluding hydrogens is 500 g/mol. The molecule has 0 bridgehead atoms. The van der Waals surface area contributed by atoms with Gasteiger partial charge in [-0.25, -0.2) is 4.79 Å². The average Bonchev–Trinajstić information content (AvgIpc) is 2.82. The summed E-state index contributed by atoms with van der Waals surface area (Å²) in [5, 5.41) is 21.2. The number of carboxylic acid groups (broad SMARTS) is 1. The first-order valence-corrected chi connectivity index (χ1v) is 10.9. The molecule has 7 nitrogen and oxygen atoms in total. The van der Waals surface area contributed by atoms with Gasteiger partial charge in [-0.15, -0.1) is 0 Å². The maximum absolute atomic E-state index is 12.6. The van der Waals surface area contributed by atoms with E-state index in [0.29, 0.717) is 28.1 Å². The zero-order chi connectivity index (χ0) is 24.7. The number of nitriles is 1. The SMILES string of the molecule is COc1cc(/C=C(/C#N)C(=O)Nc2cccc(C(=O)O)c2)c(Br)cc1OCc1cccc(C)c1. The summed E-state index contributed by atoms with van der Waals surface area (Å²) in [6.45, 7) is 2.36. The number of halogens is 1. The number of nitrogens with zero attached hydrogens (tertiary/aromatic N) is 1. The zero-order valence-electron chi connectivity index (χ0n) is 18.5. The van der Waals surface area contributed by atoms with E-state index < -0.39 is 11.9 Å². The summed E-state index contributed by atoms with van der Waals surface area (Å²) in [7, 11) is 1.50. The molecule has 2 N–H and O–H groups in total. The Labute approximate surface area is 205 Å². The molecule has 0 saturated carbocycles. The van der Waals surface area contributed by atoms with E-state index in [4.69, 9.17) is 14.6 Å². The van der Waals surface area contributed by atoms with Crippen LogP contribution in [-0.4, -0.2) is 24.1 Å². The van der Waals surface area contributed by atoms with Crippen LogP contribution in [0, 0.1) is 18.3 Å². The number of ether oxygens (including phenoxy) is 2. The van der Waals surface area contributed by atoms with Crippen molar-refractivity contribution in [2.24, 2.45) is 0 Å². The van der Waals surface area contributed by atoms with Crippen molar-refractivity contribution in [3.05, 3.63) is 93.0 Å². The maximum atomic E-state index is 12.6. The number of carbonyl (C=O) groups excluding carboxylic acids is 1. The monoisotopic (exact) mass is 520 g/mol. The summed E-state index contributed by atoms with van der Waals surface area (Å²) < 4.78 is 12.0. The maximum Gasteiger partial charge on any atom is 0.335 e. The Morgan fingerprint density at radius 1 is 1.12 bits per heavy atom. The summed E-state index contributed by atoms with van der Waals surface area (Å²) in [5.41, 5.74) is 2.79. The number of aromatic carboxylic acids is 1. The largest absolute Gasteiger partial charge is 0.493 e. The number of hydrogen-bond acceptors (Lipinski definition) is 5. The molecule has 0 aliphatic rings. The smallest absolute Gasteiger partial charge is 0.335 e. The highest BCUT2D eigenvalue weighted by Gasteiger charge is 2.15. The topological polar surface area (TPSA) is 109 Å². The zero-order valence-corrected chi connectivity index (χ0v) is 20.0. The van der Waals surface area contributed by atoms with Crippen molar-refractivity contribution in [1.82, 2.24) is 0 Å². The standard InChI is InChI=1S/C26H21BrN2O5/c1-16-5-3-6-17(9-16)15-34-24-13-22(27)19(12-23(24)33-2)10-20(14-28)25(30)29-21-8-4-7-18(11-21)26(31)32/h3-13H,15H2,1-2H3,(H,29,30)(H,31,32)/b20-10-. The number of carbonyl (C=O) groups is 2. The number of nitrogens with one attached hydrogen (secondary N) is 1. The van der Waals surface area contributed by atoms with Crippen LogP contribution in [0.15, 0.2) is 70.7 Å². The fraction of sp³-hybridized carbons (Fsp3) is 0.115. The molecule has 3 aromatic carbocycles. The number of anilines is 1. The van der Waals surface area contributed by atoms with Gasteiger partial charge in [-0.05, 0) is 54.5 Å². The normalized spacial score (nSPS) is 10.8. The third-order valence-electron chi connectivity index (χ3n) is 4.79. The van der Waals surface area contributed by atoms with Crippen LogP contribution >= 0.6 is 15.9 Å². The van der Waals surface area contributed by atoms with E-state index >= 15 is 0 Å². The van der Waals surface area contributed by atoms with Gasteiger partial charge in [0.15, 0.2) is 11.5 Å². The number of amides is 1. The fourth-order valence-electron chi connectivity index (χ4n) is 3.13. The molecule has 0 heterocycles. The predicted octanol–water partition coefficient (Wildman–Crippen LogP) is 5.59. The summed E-state index contributed by atoms with van der Waals surface area (Å²) in [5.74, 6) is -0.848. The second-order valence-corrected chi connectivity index (χ2v) is 8.17. The van der Waals surface area contributed by atoms with Crippen molar-refractivity contribution in [3.63, 3.8) is 0 Å². The summed E-state index contributed by atoms with van der Waals surface area (Å²) in [6, 6.07) is 19.0. The number of benzene rings is 3. The van der Waals surface area contributed by atoms with E-state index in [-0.39, 0.29) is 16.8 Å². The molecule has 0 aromatic heterocycles. The van der Waals surface area contributed by atoms with Crippen LogP contribution in [0.5, 0.6) is 11.5 Å². The lowest BCUT2D eigenvalue weighted by molar-refractivity contribution is -0.112. The number of methoxy groups -OCH3 is 1. The van der Waals surface area contributed by atoms with Crippen molar-refractivity contribution in [2.75, 3.05) is 12.4 Å². The van der Waals surface area contributed by atoms with E-state index in [2.05, 4.69) is 21.2 Å². The second kappa shape index (κ2) is 11.2. The van der Waals surface area contributed by atoms with Gasteiger partial charge in [0, 0.05) is 10.2 Å². The first kappa shape index (κ1) is 24.6. The molecule has 0 fully saturated rings. The molecule has 0 unspecified atom stereocenters. The quantitative estimate of drug-likeness (QED) is 0.296. The summed E-state index contributed by atoms with van der Waals surface area (Å²) in [6.07, 6.45) is 1.41. The van der Waals surface area contributed by atoms with Gasteiger partial charge in [0.1, 0.15) is 18.2 Å². The second-order valence-electron chi connectivity index (χ2n) is 7.31. The van der Waals surface area contributed by atoms with Gasteiger partial charge in [0.25, 0.3) is 5.91 Å². The lowest BCUT2D eigenvalue weighted by Gasteiger charge is -2.13. The van der Waals surface area contributed by atoms with Gasteiger partial charge >= 0.3 is 5.97 Å². The van der Waals surface area contributed by atoms with Crippen molar-refractivity contribution in [2.45, 2.75) is 13.5 Å². The van der Waals surface area contributed by atoms with Gasteiger partial charge in [-0.3, -0.25) is 4.79 Å². The number of hydrogen-bond donors (Lipinski definition) is 2. The Hall–Kier alpha value is -4.09. The lowest BCUT2D eigenvalue weighted by atomic mass is 10.1. The molecule has 172 valence electrons. The third-order valence-corrected chi connectivity index (χ3v) is 5.48. The highest BCUT2D eigenvalue weighted by Crippen LogP contribution is 2.35. The van der Waals surface area contributed by atoms with E-state index in [1.54, 1.807) is 18.2 Å². The van der Waals surface area contributed by atoms with Crippen LogP contribution in [0.3, 0.4) is 0 Å². The molecule has 0 spiro atoms. The molecule has 3 aromatic rings. The van der Waals surface area contributed by atoms with Crippen LogP contribution in [-0.2, 0) is 11.4 Å². The highest BCUT2D eigenvalue weighted by atomic mass is 79.9. The van der Waals surface area contributed by atoms with Crippen molar-refractivity contribution >= 4 is 39.6 Å². The third kappa shape index (κ3) is 6.24. The molecule has 0 atom stereocenters. The van der Waals surface area contributed by atoms with Crippen LogP contribution in [0.1, 0.15) is 27.0 Å². The molecule has 0 aliphatic carbocycles. The van der Waals surface area contributed by atoms with Crippen molar-refractivity contribution in [3.8, 4) is 17.6 Å². The van der Waals surface area contributed by atoms with Gasteiger partial charge < -0.3 is 19.9 Å². The van der Waals surface area contributed by atoms with Crippen LogP contribution in [0.4, 0.5) is 5.69 Å². The predicted molar refractivity (Wildman–Crippen MR) is 132 cm³/mol. The minimum Gasteiger partial charge on any atom is -0.493 e. The molecule has 8 heteroatoms. The fourth-order valence-corrected chi connectivity index (χ4v) is 3.57. The van der Waals surface area contributed by atoms with Gasteiger partial charge in [-0.1, -0.05) is 51.8 Å². The Kier molecular flexibility index (Phi) is 8.06. The summed E-state index contributed by atoms with van der Waals surface area (Å²) >= 11 is 3.46. The van der Waals surface area contributed by atoms with E-state index in [1.165, 1.54) is 31.4 Å². The molecule has 3 rings (SSSR count). The van der Waals surface area contributed by atoms with E-state index in [0.717, 1.165) is 11.1 Å². The number of rotatable bonds is 8. The Morgan fingerprint density at radius 3 is 2.56 bits per heavy atom. The van der Waals surface area contributed by atoms with Crippen LogP contribution in [0.25, 0.3) is 6.08 Å². The van der Waals surface area contributed by atoms with Crippen molar-refractivity contribution < 1.29 is 24.2 Å². The Balaban J connectivity index is 1.82. The number of carboxylic acids is 1. The van der Waals surface area contributed by atoms with Gasteiger partial charge in [0.2, 0.25) is 0 Å². The number of aryl methyl sites for hydroxylation is 1. The van der Waals surface area contributed by atoms with Crippen LogP contribution in [0.2, 0.25) is 0 Å². The average molecular weight is 521 g/mol. The van der Waals surface area contributed by atoms with Crippen LogP contribution < -0.4 is 14.8 Å². The minimum absolute atomic E-state index is 0.0222. The summed E-state index contributed by atoms with van der Waals surface area (Å²) in [4.78, 5) is 23.8. The molecule has 0 aliphatic heterocycles. The van der Waals surface area contributed by atoms with Crippen molar-refractivity contribution in [1.29, 1.82) is 5.26 Å². The molecule has 0 saturated heterocycles. The Bertz CT molecular complexity index is 1310. The minimum atomic E-state index is -1.12.